The molecule has 2 aromatic heterocycles. The summed E-state index contributed by atoms with van der Waals surface area (Å²) in [5, 5.41) is 2.34. The van der Waals surface area contributed by atoms with Gasteiger partial charge in [0.1, 0.15) is 24.7 Å². The lowest BCUT2D eigenvalue weighted by Gasteiger charge is -2.15. The number of hydrogen-bond donors (Lipinski definition) is 8. The summed E-state index contributed by atoms with van der Waals surface area (Å²) in [6, 6.07) is 55.2. The molecular formula is C70H87Cl2N9O12S3. The largest absolute Gasteiger partial charge is 0.497 e. The molecule has 0 aliphatic carbocycles. The third-order valence-electron chi connectivity index (χ3n) is 14.8. The number of rotatable bonds is 27. The number of para-hydroxylation sites is 2. The van der Waals surface area contributed by atoms with E-state index in [4.69, 9.17) is 32.5 Å². The van der Waals surface area contributed by atoms with E-state index in [9.17, 15) is 34.8 Å². The van der Waals surface area contributed by atoms with Gasteiger partial charge in [-0.2, -0.15) is 34.3 Å². The van der Waals surface area contributed by atoms with Crippen LogP contribution in [-0.2, 0) is 71.2 Å². The van der Waals surface area contributed by atoms with Crippen LogP contribution in [0.3, 0.4) is 0 Å². The number of halogens is 2. The number of cyclic esters (lactones) is 1. The SMILES string of the molecule is CCCCc1ccc(N)cc1.CCCCc1ccc(NS(=O)(=O)N2CCOC2=O)cc1.CCCCc1ccc(NS(=O)(=O)NCCc2c(-c3ccc(OC)cc3)[nH]c3ccccc23)cc1.COc1ccc(-c2[nH]c3ccccc3c2CCN)cc1.O=C(NS(=O)(=O)Cl)OCCCl. The third-order valence-corrected chi connectivity index (χ3v) is 18.1. The number of H-pyrrole nitrogens is 2. The molecule has 0 saturated carbocycles. The maximum atomic E-state index is 12.6. The second kappa shape index (κ2) is 38.9. The Morgan fingerprint density at radius 1 is 0.594 bits per heavy atom. The van der Waals surface area contributed by atoms with Crippen molar-refractivity contribution in [3.05, 3.63) is 198 Å². The fourth-order valence-corrected chi connectivity index (χ4v) is 12.5. The van der Waals surface area contributed by atoms with Crippen molar-refractivity contribution < 1.29 is 53.8 Å². The highest BCUT2D eigenvalue weighted by Gasteiger charge is 2.33. The molecule has 0 bridgehead atoms. The number of aromatic amines is 2. The molecule has 516 valence electrons. The molecule has 7 aromatic carbocycles. The van der Waals surface area contributed by atoms with E-state index in [0.717, 1.165) is 112 Å². The Labute approximate surface area is 573 Å². The number of carbonyl (C=O) groups is 2. The Balaban J connectivity index is 0.000000203. The van der Waals surface area contributed by atoms with E-state index < -0.39 is 41.8 Å². The normalized spacial score (nSPS) is 11.9. The molecule has 0 atom stereocenters. The maximum Gasteiger partial charge on any atom is 0.425 e. The van der Waals surface area contributed by atoms with Crippen LogP contribution < -0.4 is 39.8 Å². The van der Waals surface area contributed by atoms with Gasteiger partial charge in [-0.05, 0) is 194 Å². The van der Waals surface area contributed by atoms with Crippen molar-refractivity contribution in [2.45, 2.75) is 91.4 Å². The minimum atomic E-state index is -4.05. The Kier molecular flexibility index (Phi) is 31.0. The van der Waals surface area contributed by atoms with Crippen LogP contribution in [0, 0.1) is 0 Å². The Morgan fingerprint density at radius 2 is 1.03 bits per heavy atom. The third kappa shape index (κ3) is 24.9. The van der Waals surface area contributed by atoms with Crippen molar-refractivity contribution in [2.24, 2.45) is 5.73 Å². The number of ether oxygens (including phenoxy) is 4. The highest BCUT2D eigenvalue weighted by atomic mass is 35.7. The average molecular weight is 1410 g/mol. The number of benzene rings is 7. The average Bonchev–Trinajstić information content (AvgIpc) is 1.65. The quantitative estimate of drug-likeness (QED) is 0.0135. The Hall–Kier alpha value is -8.49. The van der Waals surface area contributed by atoms with Crippen LogP contribution in [0.4, 0.5) is 26.7 Å². The van der Waals surface area contributed by atoms with Gasteiger partial charge in [-0.3, -0.25) is 9.44 Å². The molecule has 1 aliphatic rings. The predicted molar refractivity (Wildman–Crippen MR) is 388 cm³/mol. The van der Waals surface area contributed by atoms with Gasteiger partial charge in [0.25, 0.3) is 10.2 Å². The minimum Gasteiger partial charge on any atom is -0.497 e. The van der Waals surface area contributed by atoms with Crippen molar-refractivity contribution in [1.82, 2.24) is 23.7 Å². The molecule has 1 aliphatic heterocycles. The fraction of sp³-hybridized carbons (Fsp3) is 0.314. The molecule has 10 rings (SSSR count). The minimum absolute atomic E-state index is 0.0444. The number of amides is 2. The van der Waals surface area contributed by atoms with Crippen LogP contribution in [0.2, 0.25) is 0 Å². The van der Waals surface area contributed by atoms with Gasteiger partial charge in [-0.1, -0.05) is 113 Å². The second-order valence-corrected chi connectivity index (χ2v) is 27.7. The molecule has 9 aromatic rings. The van der Waals surface area contributed by atoms with Crippen molar-refractivity contribution in [3.8, 4) is 34.0 Å². The van der Waals surface area contributed by atoms with E-state index in [1.807, 2.05) is 109 Å². The summed E-state index contributed by atoms with van der Waals surface area (Å²) < 4.78 is 98.5. The van der Waals surface area contributed by atoms with Crippen LogP contribution >= 0.6 is 22.3 Å². The summed E-state index contributed by atoms with van der Waals surface area (Å²) >= 11 is 5.13. The lowest BCUT2D eigenvalue weighted by molar-refractivity contribution is 0.159. The molecule has 0 radical (unpaired) electrons. The number of nitrogen functional groups attached to an aromatic ring is 1. The molecule has 96 heavy (non-hydrogen) atoms. The summed E-state index contributed by atoms with van der Waals surface area (Å²) in [6.07, 6.45) is 9.59. The lowest BCUT2D eigenvalue weighted by Crippen LogP contribution is -2.36. The summed E-state index contributed by atoms with van der Waals surface area (Å²) in [5.74, 6) is 1.75. The lowest BCUT2D eigenvalue weighted by atomic mass is 10.0. The van der Waals surface area contributed by atoms with Gasteiger partial charge in [0, 0.05) is 61.8 Å². The molecule has 1 fully saturated rings. The zero-order valence-corrected chi connectivity index (χ0v) is 58.6. The summed E-state index contributed by atoms with van der Waals surface area (Å²) in [7, 11) is -3.66. The van der Waals surface area contributed by atoms with Gasteiger partial charge >= 0.3 is 31.6 Å². The van der Waals surface area contributed by atoms with Crippen molar-refractivity contribution in [1.29, 1.82) is 0 Å². The number of anilines is 3. The number of methoxy groups -OCH3 is 2. The van der Waals surface area contributed by atoms with Gasteiger partial charge < -0.3 is 40.4 Å². The Bertz CT molecular complexity index is 4200. The van der Waals surface area contributed by atoms with Crippen LogP contribution in [0.15, 0.2) is 170 Å². The molecule has 10 N–H and O–H groups in total. The van der Waals surface area contributed by atoms with E-state index in [0.29, 0.717) is 28.6 Å². The van der Waals surface area contributed by atoms with Gasteiger partial charge in [0.05, 0.1) is 32.3 Å². The molecular weight excluding hydrogens is 1330 g/mol. The van der Waals surface area contributed by atoms with Gasteiger partial charge in [-0.25, -0.2) is 14.3 Å². The topological polar surface area (TPSA) is 308 Å². The molecule has 1 saturated heterocycles. The van der Waals surface area contributed by atoms with E-state index in [-0.39, 0.29) is 32.2 Å². The number of hydrogen-bond acceptors (Lipinski definition) is 14. The molecule has 26 heteroatoms. The van der Waals surface area contributed by atoms with Crippen molar-refractivity contribution in [3.63, 3.8) is 0 Å². The number of alkyl halides is 1. The first-order valence-electron chi connectivity index (χ1n) is 31.5. The van der Waals surface area contributed by atoms with Gasteiger partial charge in [0.2, 0.25) is 0 Å². The first-order valence-corrected chi connectivity index (χ1v) is 37.3. The molecule has 3 heterocycles. The number of fused-ring (bicyclic) bond motifs is 2. The monoisotopic (exact) mass is 1410 g/mol. The number of aromatic nitrogens is 2. The molecule has 0 spiro atoms. The van der Waals surface area contributed by atoms with E-state index >= 15 is 0 Å². The number of nitrogens with two attached hydrogens (primary N) is 2. The smallest absolute Gasteiger partial charge is 0.425 e. The van der Waals surface area contributed by atoms with E-state index in [1.165, 1.54) is 46.1 Å². The molecule has 2 amide bonds. The second-order valence-electron chi connectivity index (χ2n) is 21.9. The number of aryl methyl sites for hydroxylation is 3. The van der Waals surface area contributed by atoms with Crippen LogP contribution in [0.1, 0.15) is 87.1 Å². The standard InChI is InChI=1S/C27H31N3O3S.C17H18N2O.C13H18N2O4S.C10H15N.C3H5Cl2NO4S/c1-3-4-7-20-10-14-22(15-11-20)30-34(31,32)28-19-18-25-24-8-5-6-9-26(24)29-27(25)21-12-16-23(33-2)17-13-21;1-20-13-8-6-12(7-9-13)17-15(10-11-18)14-4-2-3-5-16(14)19-17;1-2-3-4-11-5-7-12(8-6-11)14-20(17,18)15-9-10-19-13(15)16;1-2-3-4-9-5-7-10(11)8-6-9;4-1-2-10-3(7)6-11(5,8)9/h5-6,8-17,28-30H,3-4,7,18-19H2,1-2H3;2-9,19H,10-11,18H2,1H3;5-8,14H,2-4,9-10H2,1H3;5-8H,2-4,11H2,1H3;1-2H2,(H,6,7). The number of nitrogens with one attached hydrogen (secondary N) is 6. The first kappa shape index (κ1) is 76.5. The first-order chi connectivity index (χ1) is 46.1. The Morgan fingerprint density at radius 3 is 1.44 bits per heavy atom. The van der Waals surface area contributed by atoms with Crippen LogP contribution in [-0.4, -0.2) is 105 Å². The number of carbonyl (C=O) groups excluding carboxylic acids is 2. The van der Waals surface area contributed by atoms with Gasteiger partial charge in [0.15, 0.2) is 0 Å². The zero-order valence-electron chi connectivity index (χ0n) is 54.7. The summed E-state index contributed by atoms with van der Waals surface area (Å²) in [5.41, 5.74) is 25.8. The maximum absolute atomic E-state index is 12.6. The van der Waals surface area contributed by atoms with Crippen molar-refractivity contribution in [2.75, 3.05) is 68.1 Å². The van der Waals surface area contributed by atoms with Gasteiger partial charge in [-0.15, -0.1) is 11.6 Å². The fourth-order valence-electron chi connectivity index (χ4n) is 9.94. The highest BCUT2D eigenvalue weighted by molar-refractivity contribution is 8.12. The van der Waals surface area contributed by atoms with E-state index in [1.54, 1.807) is 26.4 Å². The highest BCUT2D eigenvalue weighted by Crippen LogP contribution is 2.33. The van der Waals surface area contributed by atoms with Crippen LogP contribution in [0.5, 0.6) is 11.5 Å². The zero-order chi connectivity index (χ0) is 69.5. The number of unbranched alkanes of at least 4 members (excludes halogenated alkanes) is 3. The predicted octanol–water partition coefficient (Wildman–Crippen LogP) is 14.2. The molecule has 0 unspecified atom stereocenters. The van der Waals surface area contributed by atoms with E-state index in [2.05, 4.69) is 114 Å². The van der Waals surface area contributed by atoms with Crippen molar-refractivity contribution >= 4 is 103 Å². The summed E-state index contributed by atoms with van der Waals surface area (Å²) in [6.45, 7) is 7.47. The summed E-state index contributed by atoms with van der Waals surface area (Å²) in [4.78, 5) is 28.6. The number of nitrogens with zero attached hydrogens (tertiary/aromatic N) is 1. The molecule has 21 nitrogen and oxygen atoms in total. The van der Waals surface area contributed by atoms with Crippen LogP contribution in [0.25, 0.3) is 44.3 Å².